The molecule has 102 valence electrons. The van der Waals surface area contributed by atoms with Crippen LogP contribution in [0.25, 0.3) is 0 Å². The van der Waals surface area contributed by atoms with E-state index in [2.05, 4.69) is 9.71 Å². The predicted molar refractivity (Wildman–Crippen MR) is 77.5 cm³/mol. The number of aromatic nitrogens is 1. The Bertz CT molecular complexity index is 715. The predicted octanol–water partition coefficient (Wildman–Crippen LogP) is 0.477. The van der Waals surface area contributed by atoms with Gasteiger partial charge < -0.3 is 5.11 Å². The number of nitrogens with one attached hydrogen (secondary N) is 1. The second kappa shape index (κ2) is 5.64. The highest BCUT2D eigenvalue weighted by molar-refractivity contribution is 7.92. The summed E-state index contributed by atoms with van der Waals surface area (Å²) in [6.07, 6.45) is 0. The Morgan fingerprint density at radius 1 is 1.25 bits per heavy atom. The maximum absolute atomic E-state index is 12.2. The van der Waals surface area contributed by atoms with E-state index in [1.807, 2.05) is 6.92 Å². The number of aryl methyl sites for hydroxylation is 1. The van der Waals surface area contributed by atoms with E-state index in [1.165, 1.54) is 24.3 Å². The van der Waals surface area contributed by atoms with Crippen LogP contribution in [0.1, 0.15) is 11.3 Å². The van der Waals surface area contributed by atoms with Crippen LogP contribution < -0.4 is 10.2 Å². The molecule has 0 atom stereocenters. The summed E-state index contributed by atoms with van der Waals surface area (Å²) in [6, 6.07) is 9.31. The number of hydrogen-bond donors (Lipinski definition) is 2. The summed E-state index contributed by atoms with van der Waals surface area (Å²) in [5.74, 6) is 0.0784. The van der Waals surface area contributed by atoms with Crippen LogP contribution in [-0.4, -0.2) is 26.4 Å². The molecule has 5 nitrogen and oxygen atoms in total. The molecule has 0 fully saturated rings. The molecule has 2 N–H and O–H groups in total. The van der Waals surface area contributed by atoms with Crippen LogP contribution in [0.4, 0.5) is 5.82 Å². The lowest BCUT2D eigenvalue weighted by Crippen LogP contribution is -2.17. The van der Waals surface area contributed by atoms with Crippen molar-refractivity contribution < 1.29 is 13.5 Å². The molecule has 0 saturated carbocycles. The van der Waals surface area contributed by atoms with Crippen LogP contribution >= 0.6 is 0 Å². The summed E-state index contributed by atoms with van der Waals surface area (Å²) in [6.45, 7) is 1.56. The molecule has 0 saturated heterocycles. The van der Waals surface area contributed by atoms with Crippen LogP contribution in [0.5, 0.6) is 0 Å². The summed E-state index contributed by atoms with van der Waals surface area (Å²) < 4.78 is 26.7. The van der Waals surface area contributed by atoms with Gasteiger partial charge in [0.15, 0.2) is 0 Å². The molecule has 7 heteroatoms. The number of aliphatic hydroxyl groups is 1. The highest BCUT2D eigenvalue weighted by Crippen LogP contribution is 2.14. The lowest BCUT2D eigenvalue weighted by molar-refractivity contribution is 0.277. The fraction of sp³-hybridized carbons (Fsp3) is 0.154. The molecular weight excluding hydrogens is 275 g/mol. The fourth-order valence-electron chi connectivity index (χ4n) is 1.66. The first-order valence-corrected chi connectivity index (χ1v) is 7.36. The van der Waals surface area contributed by atoms with Gasteiger partial charge in [0.05, 0.1) is 17.2 Å². The number of rotatable bonds is 4. The lowest BCUT2D eigenvalue weighted by atomic mass is 9.97. The Hall–Kier alpha value is -1.86. The lowest BCUT2D eigenvalue weighted by Gasteiger charge is -2.09. The Balaban J connectivity index is 2.33. The zero-order chi connectivity index (χ0) is 14.8. The van der Waals surface area contributed by atoms with Gasteiger partial charge in [-0.1, -0.05) is 23.2 Å². The molecule has 20 heavy (non-hydrogen) atoms. The van der Waals surface area contributed by atoms with Crippen LogP contribution in [0, 0.1) is 6.92 Å². The summed E-state index contributed by atoms with van der Waals surface area (Å²) in [5, 5.41) is 9.04. The molecule has 0 unspecified atom stereocenters. The summed E-state index contributed by atoms with van der Waals surface area (Å²) in [4.78, 5) is 4.10. The van der Waals surface area contributed by atoms with E-state index in [0.717, 1.165) is 5.56 Å². The molecule has 0 spiro atoms. The molecule has 1 aromatic heterocycles. The normalized spacial score (nSPS) is 11.3. The minimum absolute atomic E-state index is 0.0784. The van der Waals surface area contributed by atoms with E-state index in [4.69, 9.17) is 13.0 Å². The van der Waals surface area contributed by atoms with Gasteiger partial charge in [-0.25, -0.2) is 13.4 Å². The molecule has 0 aliphatic rings. The zero-order valence-electron chi connectivity index (χ0n) is 10.9. The van der Waals surface area contributed by atoms with Gasteiger partial charge in [0, 0.05) is 0 Å². The largest absolute Gasteiger partial charge is 0.390 e. The highest BCUT2D eigenvalue weighted by atomic mass is 32.2. The van der Waals surface area contributed by atoms with Gasteiger partial charge in [-0.2, -0.15) is 0 Å². The molecule has 2 radical (unpaired) electrons. The van der Waals surface area contributed by atoms with E-state index in [9.17, 15) is 8.42 Å². The van der Waals surface area contributed by atoms with Crippen molar-refractivity contribution in [3.8, 4) is 0 Å². The van der Waals surface area contributed by atoms with E-state index in [-0.39, 0.29) is 17.3 Å². The first kappa shape index (κ1) is 14.6. The second-order valence-corrected chi connectivity index (χ2v) is 6.04. The molecular formula is C13H13BN2O3S. The van der Waals surface area contributed by atoms with Gasteiger partial charge in [-0.15, -0.1) is 0 Å². The molecule has 1 aromatic carbocycles. The van der Waals surface area contributed by atoms with Gasteiger partial charge in [-0.05, 0) is 31.2 Å². The number of benzene rings is 1. The number of nitrogens with zero attached hydrogens (tertiary/aromatic N) is 1. The standard InChI is InChI=1S/C13H13BN2O3S/c1-9-2-4-12(5-3-9)20(18,19)16-13-7-10(14)6-11(8-17)15-13/h2-7,17H,8H2,1H3,(H,15,16). The molecule has 1 heterocycles. The van der Waals surface area contributed by atoms with Crippen molar-refractivity contribution in [3.05, 3.63) is 47.7 Å². The third-order valence-electron chi connectivity index (χ3n) is 2.63. The fourth-order valence-corrected chi connectivity index (χ4v) is 2.65. The minimum Gasteiger partial charge on any atom is -0.390 e. The SMILES string of the molecule is [B]c1cc(CO)nc(NS(=O)(=O)c2ccc(C)cc2)c1. The van der Waals surface area contributed by atoms with Gasteiger partial charge >= 0.3 is 0 Å². The molecule has 2 rings (SSSR count). The summed E-state index contributed by atoms with van der Waals surface area (Å²) >= 11 is 0. The van der Waals surface area contributed by atoms with Crippen molar-refractivity contribution in [1.82, 2.24) is 4.98 Å². The molecule has 2 aromatic rings. The molecule has 0 bridgehead atoms. The van der Waals surface area contributed by atoms with Crippen molar-refractivity contribution in [3.63, 3.8) is 0 Å². The number of aliphatic hydroxyl groups excluding tert-OH is 1. The Morgan fingerprint density at radius 2 is 1.90 bits per heavy atom. The monoisotopic (exact) mass is 288 g/mol. The Morgan fingerprint density at radius 3 is 2.50 bits per heavy atom. The number of anilines is 1. The van der Waals surface area contributed by atoms with E-state index < -0.39 is 10.0 Å². The molecule has 0 aliphatic heterocycles. The first-order chi connectivity index (χ1) is 9.40. The van der Waals surface area contributed by atoms with Gasteiger partial charge in [0.2, 0.25) is 0 Å². The van der Waals surface area contributed by atoms with Gasteiger partial charge in [-0.3, -0.25) is 4.72 Å². The maximum atomic E-state index is 12.2. The van der Waals surface area contributed by atoms with Gasteiger partial charge in [0.25, 0.3) is 10.0 Å². The average molecular weight is 288 g/mol. The van der Waals surface area contributed by atoms with E-state index in [0.29, 0.717) is 11.2 Å². The summed E-state index contributed by atoms with van der Waals surface area (Å²) in [7, 11) is 1.90. The van der Waals surface area contributed by atoms with E-state index in [1.54, 1.807) is 12.1 Å². The van der Waals surface area contributed by atoms with Crippen molar-refractivity contribution in [1.29, 1.82) is 0 Å². The summed E-state index contributed by atoms with van der Waals surface area (Å²) in [5.41, 5.74) is 1.59. The maximum Gasteiger partial charge on any atom is 0.263 e. The van der Waals surface area contributed by atoms with Crippen LogP contribution in [0.15, 0.2) is 41.3 Å². The van der Waals surface area contributed by atoms with Crippen molar-refractivity contribution in [2.24, 2.45) is 0 Å². The molecule has 0 aliphatic carbocycles. The van der Waals surface area contributed by atoms with Crippen molar-refractivity contribution in [2.45, 2.75) is 18.4 Å². The Kier molecular flexibility index (Phi) is 4.10. The smallest absolute Gasteiger partial charge is 0.263 e. The van der Waals surface area contributed by atoms with E-state index >= 15 is 0 Å². The minimum atomic E-state index is -3.72. The topological polar surface area (TPSA) is 79.3 Å². The molecule has 0 amide bonds. The van der Waals surface area contributed by atoms with Crippen LogP contribution in [-0.2, 0) is 16.6 Å². The number of sulfonamides is 1. The Labute approximate surface area is 119 Å². The zero-order valence-corrected chi connectivity index (χ0v) is 11.7. The third-order valence-corrected chi connectivity index (χ3v) is 4.00. The van der Waals surface area contributed by atoms with Gasteiger partial charge in [0.1, 0.15) is 13.7 Å². The first-order valence-electron chi connectivity index (χ1n) is 5.87. The quantitative estimate of drug-likeness (QED) is 0.802. The third kappa shape index (κ3) is 3.37. The van der Waals surface area contributed by atoms with Crippen molar-refractivity contribution >= 4 is 29.2 Å². The van der Waals surface area contributed by atoms with Crippen LogP contribution in [0.3, 0.4) is 0 Å². The number of pyridine rings is 1. The number of hydrogen-bond acceptors (Lipinski definition) is 4. The van der Waals surface area contributed by atoms with Crippen LogP contribution in [0.2, 0.25) is 0 Å². The average Bonchev–Trinajstić information content (AvgIpc) is 2.37. The van der Waals surface area contributed by atoms with Crippen molar-refractivity contribution in [2.75, 3.05) is 4.72 Å². The highest BCUT2D eigenvalue weighted by Gasteiger charge is 2.14. The second-order valence-electron chi connectivity index (χ2n) is 4.35.